The van der Waals surface area contributed by atoms with Gasteiger partial charge in [-0.05, 0) is 6.07 Å². The van der Waals surface area contributed by atoms with Crippen LogP contribution in [-0.4, -0.2) is 72.2 Å². The van der Waals surface area contributed by atoms with Gasteiger partial charge in [-0.1, -0.05) is 11.6 Å². The van der Waals surface area contributed by atoms with Gasteiger partial charge < -0.3 is 14.6 Å². The van der Waals surface area contributed by atoms with E-state index in [1.807, 2.05) is 0 Å². The summed E-state index contributed by atoms with van der Waals surface area (Å²) in [7, 11) is 1.18. The molecule has 1 aromatic rings. The van der Waals surface area contributed by atoms with E-state index in [1.165, 1.54) is 19.0 Å². The highest BCUT2D eigenvalue weighted by Crippen LogP contribution is 2.23. The first-order chi connectivity index (χ1) is 10.1. The van der Waals surface area contributed by atoms with Crippen molar-refractivity contribution in [2.45, 2.75) is 6.10 Å². The number of aliphatic hydroxyl groups excluding tert-OH is 1. The van der Waals surface area contributed by atoms with Crippen molar-refractivity contribution >= 4 is 27.5 Å². The molecule has 1 amide bonds. The number of hydrogen-bond acceptors (Lipinski definition) is 4. The highest BCUT2D eigenvalue weighted by Gasteiger charge is 2.38. The van der Waals surface area contributed by atoms with Crippen molar-refractivity contribution in [3.8, 4) is 0 Å². The van der Waals surface area contributed by atoms with Crippen LogP contribution >= 0.6 is 11.6 Å². The number of aryl methyl sites for hydroxylation is 1. The van der Waals surface area contributed by atoms with Crippen LogP contribution in [0.25, 0.3) is 0 Å². The maximum Gasteiger partial charge on any atom is 0.270 e. The van der Waals surface area contributed by atoms with Gasteiger partial charge in [0.05, 0.1) is 16.9 Å². The summed E-state index contributed by atoms with van der Waals surface area (Å²) in [5.74, 6) is -0.941. The molecule has 1 saturated heterocycles. The summed E-state index contributed by atoms with van der Waals surface area (Å²) in [6.07, 6.45) is 0.768. The summed E-state index contributed by atoms with van der Waals surface area (Å²) in [5, 5.41) is 10.5. The minimum Gasteiger partial charge on any atom is -0.391 e. The maximum absolute atomic E-state index is 12.4. The van der Waals surface area contributed by atoms with Gasteiger partial charge >= 0.3 is 0 Å². The molecule has 124 valence electrons. The van der Waals surface area contributed by atoms with Crippen molar-refractivity contribution in [3.05, 3.63) is 23.0 Å². The summed E-state index contributed by atoms with van der Waals surface area (Å²) >= 11 is 5.87. The third kappa shape index (κ3) is 3.45. The fourth-order valence-electron chi connectivity index (χ4n) is 2.50. The molecule has 0 saturated carbocycles. The number of sulfonamides is 1. The van der Waals surface area contributed by atoms with Crippen LogP contribution < -0.4 is 0 Å². The van der Waals surface area contributed by atoms with E-state index in [0.29, 0.717) is 10.7 Å². The molecule has 1 aliphatic heterocycles. The van der Waals surface area contributed by atoms with Crippen LogP contribution in [0.1, 0.15) is 10.5 Å². The van der Waals surface area contributed by atoms with Crippen molar-refractivity contribution in [3.63, 3.8) is 0 Å². The predicted octanol–water partition coefficient (Wildman–Crippen LogP) is 0.00280. The SMILES string of the molecule is CN(C)S(=O)(=O)C[C@@H]1CN(C(=O)c2cc(Cl)cn2C)C[C@@H]1O. The lowest BCUT2D eigenvalue weighted by Gasteiger charge is -2.18. The molecule has 2 rings (SSSR count). The molecule has 0 unspecified atom stereocenters. The number of amides is 1. The molecule has 0 radical (unpaired) electrons. The van der Waals surface area contributed by atoms with E-state index in [9.17, 15) is 18.3 Å². The van der Waals surface area contributed by atoms with E-state index in [-0.39, 0.29) is 24.7 Å². The van der Waals surface area contributed by atoms with Crippen molar-refractivity contribution < 1.29 is 18.3 Å². The molecular weight excluding hydrogens is 330 g/mol. The minimum atomic E-state index is -3.42. The molecule has 1 N–H and O–H groups in total. The Hall–Kier alpha value is -1.09. The van der Waals surface area contributed by atoms with E-state index in [1.54, 1.807) is 23.9 Å². The quantitative estimate of drug-likeness (QED) is 0.829. The predicted molar refractivity (Wildman–Crippen MR) is 83.3 cm³/mol. The lowest BCUT2D eigenvalue weighted by molar-refractivity contribution is 0.0755. The molecule has 0 aliphatic carbocycles. The number of hydrogen-bond donors (Lipinski definition) is 1. The van der Waals surface area contributed by atoms with Gasteiger partial charge in [0.2, 0.25) is 10.0 Å². The lowest BCUT2D eigenvalue weighted by atomic mass is 10.1. The number of carbonyl (C=O) groups is 1. The highest BCUT2D eigenvalue weighted by molar-refractivity contribution is 7.89. The molecule has 9 heteroatoms. The molecule has 2 atom stereocenters. The molecule has 1 fully saturated rings. The average Bonchev–Trinajstić information content (AvgIpc) is 2.91. The highest BCUT2D eigenvalue weighted by atomic mass is 35.5. The number of halogens is 1. The molecular formula is C13H20ClN3O4S. The van der Waals surface area contributed by atoms with Crippen molar-refractivity contribution in [2.75, 3.05) is 32.9 Å². The van der Waals surface area contributed by atoms with Gasteiger partial charge in [0, 0.05) is 46.3 Å². The summed E-state index contributed by atoms with van der Waals surface area (Å²) < 4.78 is 26.6. The van der Waals surface area contributed by atoms with Crippen LogP contribution in [0.15, 0.2) is 12.3 Å². The van der Waals surface area contributed by atoms with Gasteiger partial charge in [0.25, 0.3) is 5.91 Å². The van der Waals surface area contributed by atoms with E-state index in [2.05, 4.69) is 0 Å². The number of nitrogens with zero attached hydrogens (tertiary/aromatic N) is 3. The molecule has 0 aromatic carbocycles. The topological polar surface area (TPSA) is 82.9 Å². The van der Waals surface area contributed by atoms with E-state index >= 15 is 0 Å². The zero-order valence-electron chi connectivity index (χ0n) is 12.7. The molecule has 1 aliphatic rings. The van der Waals surface area contributed by atoms with Crippen LogP contribution in [0.3, 0.4) is 0 Å². The van der Waals surface area contributed by atoms with Gasteiger partial charge in [0.15, 0.2) is 0 Å². The fraction of sp³-hybridized carbons (Fsp3) is 0.615. The Kier molecular flexibility index (Phi) is 4.86. The standard InChI is InChI=1S/C13H20ClN3O4S/c1-15(2)22(20,21)8-9-5-17(7-12(9)18)13(19)11-4-10(14)6-16(11)3/h4,6,9,12,18H,5,7-8H2,1-3H3/t9-,12-/m0/s1. The zero-order valence-corrected chi connectivity index (χ0v) is 14.3. The van der Waals surface area contributed by atoms with E-state index in [0.717, 1.165) is 4.31 Å². The van der Waals surface area contributed by atoms with Gasteiger partial charge in [-0.25, -0.2) is 12.7 Å². The smallest absolute Gasteiger partial charge is 0.270 e. The minimum absolute atomic E-state index is 0.120. The maximum atomic E-state index is 12.4. The first-order valence-electron chi connectivity index (χ1n) is 6.81. The van der Waals surface area contributed by atoms with Crippen LogP contribution in [0.4, 0.5) is 0 Å². The van der Waals surface area contributed by atoms with Crippen LogP contribution in [0.5, 0.6) is 0 Å². The Labute approximate surface area is 135 Å². The molecule has 0 spiro atoms. The van der Waals surface area contributed by atoms with Gasteiger partial charge in [0.1, 0.15) is 5.69 Å². The molecule has 2 heterocycles. The number of aliphatic hydroxyl groups is 1. The van der Waals surface area contributed by atoms with Crippen LogP contribution in [-0.2, 0) is 17.1 Å². The number of likely N-dealkylation sites (tertiary alicyclic amines) is 1. The number of rotatable bonds is 4. The second-order valence-corrected chi connectivity index (χ2v) is 8.42. The molecule has 0 bridgehead atoms. The second kappa shape index (κ2) is 6.19. The third-order valence-corrected chi connectivity index (χ3v) is 6.03. The van der Waals surface area contributed by atoms with Gasteiger partial charge in [-0.15, -0.1) is 0 Å². The number of aromatic nitrogens is 1. The zero-order chi connectivity index (χ0) is 16.7. The summed E-state index contributed by atoms with van der Waals surface area (Å²) in [4.78, 5) is 13.9. The Bertz CT molecular complexity index is 671. The first-order valence-corrected chi connectivity index (χ1v) is 8.80. The number of carbonyl (C=O) groups excluding carboxylic acids is 1. The molecule has 1 aromatic heterocycles. The van der Waals surface area contributed by atoms with Crippen LogP contribution in [0.2, 0.25) is 5.02 Å². The van der Waals surface area contributed by atoms with Crippen LogP contribution in [0, 0.1) is 5.92 Å². The van der Waals surface area contributed by atoms with Gasteiger partial charge in [-0.3, -0.25) is 4.79 Å². The first kappa shape index (κ1) is 17.3. The molecule has 7 nitrogen and oxygen atoms in total. The third-order valence-electron chi connectivity index (χ3n) is 3.87. The fourth-order valence-corrected chi connectivity index (χ4v) is 3.92. The normalized spacial score (nSPS) is 22.5. The lowest BCUT2D eigenvalue weighted by Crippen LogP contribution is -2.34. The second-order valence-electron chi connectivity index (χ2n) is 5.75. The molecule has 22 heavy (non-hydrogen) atoms. The van der Waals surface area contributed by atoms with Crippen molar-refractivity contribution in [1.29, 1.82) is 0 Å². The van der Waals surface area contributed by atoms with Crippen molar-refractivity contribution in [2.24, 2.45) is 13.0 Å². The van der Waals surface area contributed by atoms with E-state index in [4.69, 9.17) is 11.6 Å². The summed E-state index contributed by atoms with van der Waals surface area (Å²) in [5.41, 5.74) is 0.410. The largest absolute Gasteiger partial charge is 0.391 e. The Morgan fingerprint density at radius 3 is 2.59 bits per heavy atom. The average molecular weight is 350 g/mol. The number of β-amino-alcohol motifs (C(OH)–C–C–N with tert-alkyl or cyclic N) is 1. The van der Waals surface area contributed by atoms with E-state index < -0.39 is 22.0 Å². The summed E-state index contributed by atoms with van der Waals surface area (Å²) in [6, 6.07) is 1.56. The monoisotopic (exact) mass is 349 g/mol. The Balaban J connectivity index is 2.11. The Morgan fingerprint density at radius 2 is 2.09 bits per heavy atom. The van der Waals surface area contributed by atoms with Crippen molar-refractivity contribution in [1.82, 2.24) is 13.8 Å². The van der Waals surface area contributed by atoms with Gasteiger partial charge in [-0.2, -0.15) is 0 Å². The summed E-state index contributed by atoms with van der Waals surface area (Å²) in [6.45, 7) is 0.325. The Morgan fingerprint density at radius 1 is 1.45 bits per heavy atom.